The lowest BCUT2D eigenvalue weighted by atomic mass is 9.43. The first-order valence-electron chi connectivity index (χ1n) is 15.3. The van der Waals surface area contributed by atoms with Crippen LogP contribution in [0.3, 0.4) is 0 Å². The lowest BCUT2D eigenvalue weighted by Crippen LogP contribution is -2.59. The van der Waals surface area contributed by atoms with Crippen LogP contribution in [0.1, 0.15) is 112 Å². The number of hydrogen-bond acceptors (Lipinski definition) is 6. The number of rotatable bonds is 8. The molecule has 4 aliphatic rings. The highest BCUT2D eigenvalue weighted by molar-refractivity contribution is 5.71. The second kappa shape index (κ2) is 11.5. The fourth-order valence-electron chi connectivity index (χ4n) is 10.1. The van der Waals surface area contributed by atoms with Gasteiger partial charge in [-0.15, -0.1) is 0 Å². The van der Waals surface area contributed by atoms with Gasteiger partial charge in [-0.25, -0.2) is 0 Å². The van der Waals surface area contributed by atoms with Crippen molar-refractivity contribution in [2.24, 2.45) is 52.3 Å². The Labute approximate surface area is 230 Å². The molecule has 0 bridgehead atoms. The van der Waals surface area contributed by atoms with Gasteiger partial charge in [0, 0.05) is 19.8 Å². The summed E-state index contributed by atoms with van der Waals surface area (Å²) in [6, 6.07) is 0. The molecule has 11 atom stereocenters. The Balaban J connectivity index is 1.50. The van der Waals surface area contributed by atoms with Crippen LogP contribution in [0, 0.1) is 52.3 Å². The standard InChI is InChI=1S/C32H52O6/c1-19(9-8-10-20(2)30(35)36-7)25-11-12-26-29-27(14-16-32(25,26)6)31(5)15-13-24(37-21(3)33)17-23(31)18-28(29)38-22(4)34/h19-20,23-29H,8-18H2,1-7H3/t19-,20?,23+,24-,25-,26+,27+,28-,29+,31+,32-/m1/s1. The molecule has 0 aromatic rings. The zero-order valence-electron chi connectivity index (χ0n) is 24.9. The van der Waals surface area contributed by atoms with Gasteiger partial charge in [-0.1, -0.05) is 40.5 Å². The van der Waals surface area contributed by atoms with Crippen molar-refractivity contribution in [3.05, 3.63) is 0 Å². The average molecular weight is 533 g/mol. The van der Waals surface area contributed by atoms with Crippen LogP contribution in [0.15, 0.2) is 0 Å². The zero-order valence-corrected chi connectivity index (χ0v) is 24.9. The monoisotopic (exact) mass is 532 g/mol. The Hall–Kier alpha value is -1.59. The third-order valence-corrected chi connectivity index (χ3v) is 11.9. The van der Waals surface area contributed by atoms with E-state index >= 15 is 0 Å². The highest BCUT2D eigenvalue weighted by Gasteiger charge is 2.63. The topological polar surface area (TPSA) is 78.9 Å². The molecule has 216 valence electrons. The van der Waals surface area contributed by atoms with Crippen LogP contribution in [0.25, 0.3) is 0 Å². The van der Waals surface area contributed by atoms with E-state index in [9.17, 15) is 14.4 Å². The molecule has 0 aromatic carbocycles. The first-order chi connectivity index (χ1) is 17.9. The zero-order chi connectivity index (χ0) is 27.8. The summed E-state index contributed by atoms with van der Waals surface area (Å²) < 4.78 is 16.7. The molecule has 0 spiro atoms. The van der Waals surface area contributed by atoms with Crippen molar-refractivity contribution in [1.29, 1.82) is 0 Å². The molecule has 6 heteroatoms. The molecule has 0 heterocycles. The molecular weight excluding hydrogens is 480 g/mol. The molecule has 0 N–H and O–H groups in total. The SMILES string of the molecule is COC(=O)C(C)CCC[C@@H](C)[C@H]1CC[C@H]2[C@@H]3[C@H](OC(C)=O)C[C@@H]4C[C@H](OC(C)=O)CC[C@]4(C)[C@H]3CC[C@]12C. The Morgan fingerprint density at radius 1 is 0.842 bits per heavy atom. The predicted molar refractivity (Wildman–Crippen MR) is 146 cm³/mol. The van der Waals surface area contributed by atoms with Gasteiger partial charge < -0.3 is 14.2 Å². The van der Waals surface area contributed by atoms with Gasteiger partial charge in [-0.3, -0.25) is 14.4 Å². The van der Waals surface area contributed by atoms with Crippen LogP contribution >= 0.6 is 0 Å². The molecule has 4 aliphatic carbocycles. The van der Waals surface area contributed by atoms with Crippen molar-refractivity contribution in [2.45, 2.75) is 124 Å². The molecular formula is C32H52O6. The Morgan fingerprint density at radius 2 is 1.50 bits per heavy atom. The molecule has 0 aromatic heterocycles. The molecule has 6 nitrogen and oxygen atoms in total. The maximum absolute atomic E-state index is 12.3. The Morgan fingerprint density at radius 3 is 2.16 bits per heavy atom. The number of carbonyl (C=O) groups excluding carboxylic acids is 3. The van der Waals surface area contributed by atoms with E-state index in [-0.39, 0.29) is 46.9 Å². The van der Waals surface area contributed by atoms with Gasteiger partial charge in [0.1, 0.15) is 12.2 Å². The summed E-state index contributed by atoms with van der Waals surface area (Å²) >= 11 is 0. The molecule has 0 amide bonds. The smallest absolute Gasteiger partial charge is 0.308 e. The third-order valence-electron chi connectivity index (χ3n) is 11.9. The van der Waals surface area contributed by atoms with Crippen molar-refractivity contribution >= 4 is 17.9 Å². The molecule has 38 heavy (non-hydrogen) atoms. The minimum atomic E-state index is -0.192. The van der Waals surface area contributed by atoms with Crippen molar-refractivity contribution in [2.75, 3.05) is 7.11 Å². The predicted octanol–water partition coefficient (Wildman–Crippen LogP) is 6.73. The number of hydrogen-bond donors (Lipinski definition) is 0. The van der Waals surface area contributed by atoms with Crippen LogP contribution in [0.2, 0.25) is 0 Å². The molecule has 4 saturated carbocycles. The fourth-order valence-corrected chi connectivity index (χ4v) is 10.1. The van der Waals surface area contributed by atoms with Gasteiger partial charge in [0.25, 0.3) is 0 Å². The van der Waals surface area contributed by atoms with Crippen LogP contribution in [-0.4, -0.2) is 37.2 Å². The first kappa shape index (κ1) is 29.4. The minimum absolute atomic E-state index is 0.00688. The maximum Gasteiger partial charge on any atom is 0.308 e. The van der Waals surface area contributed by atoms with Crippen LogP contribution in [-0.2, 0) is 28.6 Å². The normalized spacial score (nSPS) is 41.6. The highest BCUT2D eigenvalue weighted by atomic mass is 16.5. The average Bonchev–Trinajstić information content (AvgIpc) is 3.20. The molecule has 4 rings (SSSR count). The molecule has 4 fully saturated rings. The number of ether oxygens (including phenoxy) is 3. The molecule has 0 saturated heterocycles. The van der Waals surface area contributed by atoms with E-state index in [2.05, 4.69) is 20.8 Å². The quantitative estimate of drug-likeness (QED) is 0.255. The minimum Gasteiger partial charge on any atom is -0.469 e. The van der Waals surface area contributed by atoms with Crippen LogP contribution in [0.4, 0.5) is 0 Å². The Bertz CT molecular complexity index is 885. The van der Waals surface area contributed by atoms with E-state index in [1.165, 1.54) is 39.7 Å². The van der Waals surface area contributed by atoms with E-state index in [1.807, 2.05) is 6.92 Å². The van der Waals surface area contributed by atoms with Crippen molar-refractivity contribution < 1.29 is 28.6 Å². The number of methoxy groups -OCH3 is 1. The van der Waals surface area contributed by atoms with Crippen molar-refractivity contribution in [3.63, 3.8) is 0 Å². The summed E-state index contributed by atoms with van der Waals surface area (Å²) in [6.07, 6.45) is 11.8. The summed E-state index contributed by atoms with van der Waals surface area (Å²) in [7, 11) is 1.47. The molecule has 0 aliphatic heterocycles. The van der Waals surface area contributed by atoms with E-state index in [0.717, 1.165) is 44.9 Å². The summed E-state index contributed by atoms with van der Waals surface area (Å²) in [5.41, 5.74) is 0.484. The summed E-state index contributed by atoms with van der Waals surface area (Å²) in [5, 5.41) is 0. The van der Waals surface area contributed by atoms with E-state index in [4.69, 9.17) is 14.2 Å². The maximum atomic E-state index is 12.3. The van der Waals surface area contributed by atoms with Gasteiger partial charge in [-0.2, -0.15) is 0 Å². The van der Waals surface area contributed by atoms with E-state index in [1.54, 1.807) is 6.92 Å². The van der Waals surface area contributed by atoms with Gasteiger partial charge in [0.2, 0.25) is 0 Å². The van der Waals surface area contributed by atoms with Gasteiger partial charge >= 0.3 is 17.9 Å². The fraction of sp³-hybridized carbons (Fsp3) is 0.906. The van der Waals surface area contributed by atoms with Gasteiger partial charge in [0.15, 0.2) is 0 Å². The summed E-state index contributed by atoms with van der Waals surface area (Å²) in [5.74, 6) is 2.76. The molecule has 0 radical (unpaired) electrons. The highest BCUT2D eigenvalue weighted by Crippen LogP contribution is 2.68. The number of esters is 3. The number of fused-ring (bicyclic) bond motifs is 5. The van der Waals surface area contributed by atoms with Crippen LogP contribution < -0.4 is 0 Å². The lowest BCUT2D eigenvalue weighted by molar-refractivity contribution is -0.197. The van der Waals surface area contributed by atoms with Crippen molar-refractivity contribution in [1.82, 2.24) is 0 Å². The second-order valence-electron chi connectivity index (χ2n) is 13.9. The second-order valence-corrected chi connectivity index (χ2v) is 13.9. The summed E-state index contributed by atoms with van der Waals surface area (Å²) in [6.45, 7) is 12.5. The van der Waals surface area contributed by atoms with Gasteiger partial charge in [-0.05, 0) is 98.2 Å². The largest absolute Gasteiger partial charge is 0.469 e. The van der Waals surface area contributed by atoms with E-state index < -0.39 is 0 Å². The van der Waals surface area contributed by atoms with Gasteiger partial charge in [0.05, 0.1) is 13.0 Å². The summed E-state index contributed by atoms with van der Waals surface area (Å²) in [4.78, 5) is 35.8. The Kier molecular flexibility index (Phi) is 8.89. The van der Waals surface area contributed by atoms with Crippen LogP contribution in [0.5, 0.6) is 0 Å². The van der Waals surface area contributed by atoms with Crippen molar-refractivity contribution in [3.8, 4) is 0 Å². The third kappa shape index (κ3) is 5.52. The number of carbonyl (C=O) groups is 3. The first-order valence-corrected chi connectivity index (χ1v) is 15.3. The molecule has 1 unspecified atom stereocenters. The lowest BCUT2D eigenvalue weighted by Gasteiger charge is -2.62. The van der Waals surface area contributed by atoms with E-state index in [0.29, 0.717) is 35.5 Å².